The molecular weight excluding hydrogens is 282 g/mol. The number of aromatic nitrogens is 2. The summed E-state index contributed by atoms with van der Waals surface area (Å²) in [5.74, 6) is 1.79. The minimum absolute atomic E-state index is 0.746. The van der Waals surface area contributed by atoms with E-state index in [1.165, 1.54) is 0 Å². The van der Waals surface area contributed by atoms with E-state index in [0.29, 0.717) is 0 Å². The molecule has 0 N–H and O–H groups in total. The van der Waals surface area contributed by atoms with Gasteiger partial charge in [0.2, 0.25) is 0 Å². The third-order valence-corrected chi connectivity index (χ3v) is 3.15. The van der Waals surface area contributed by atoms with Crippen molar-refractivity contribution in [1.29, 1.82) is 0 Å². The van der Waals surface area contributed by atoms with E-state index in [1.54, 1.807) is 6.20 Å². The van der Waals surface area contributed by atoms with Crippen LogP contribution in [0.15, 0.2) is 27.3 Å². The second-order valence-corrected chi connectivity index (χ2v) is 4.91. The van der Waals surface area contributed by atoms with E-state index in [1.807, 2.05) is 33.0 Å². The molecule has 90 valence electrons. The van der Waals surface area contributed by atoms with Gasteiger partial charge in [0.05, 0.1) is 5.69 Å². The maximum atomic E-state index is 5.15. The van der Waals surface area contributed by atoms with Gasteiger partial charge < -0.3 is 9.42 Å². The molecule has 0 aliphatic carbocycles. The number of anilines is 1. The van der Waals surface area contributed by atoms with Gasteiger partial charge in [-0.05, 0) is 41.9 Å². The molecule has 2 aromatic rings. The summed E-state index contributed by atoms with van der Waals surface area (Å²) in [4.78, 5) is 6.41. The second kappa shape index (κ2) is 4.87. The van der Waals surface area contributed by atoms with Crippen molar-refractivity contribution in [3.05, 3.63) is 39.8 Å². The van der Waals surface area contributed by atoms with Crippen LogP contribution in [-0.2, 0) is 6.54 Å². The molecule has 0 aliphatic rings. The number of hydrogen-bond donors (Lipinski definition) is 0. The van der Waals surface area contributed by atoms with Crippen molar-refractivity contribution in [2.75, 3.05) is 11.9 Å². The van der Waals surface area contributed by atoms with Crippen molar-refractivity contribution in [1.82, 2.24) is 10.1 Å². The van der Waals surface area contributed by atoms with E-state index >= 15 is 0 Å². The Hall–Kier alpha value is -1.36. The molecule has 2 heterocycles. The molecule has 0 saturated heterocycles. The highest BCUT2D eigenvalue weighted by atomic mass is 79.9. The zero-order valence-electron chi connectivity index (χ0n) is 10.1. The average molecular weight is 296 g/mol. The summed E-state index contributed by atoms with van der Waals surface area (Å²) in [6.45, 7) is 4.63. The van der Waals surface area contributed by atoms with Crippen LogP contribution in [0.25, 0.3) is 0 Å². The average Bonchev–Trinajstić information content (AvgIpc) is 2.61. The Morgan fingerprint density at radius 3 is 2.65 bits per heavy atom. The number of pyridine rings is 1. The van der Waals surface area contributed by atoms with Crippen molar-refractivity contribution in [2.24, 2.45) is 0 Å². The van der Waals surface area contributed by atoms with Gasteiger partial charge in [-0.15, -0.1) is 0 Å². The normalized spacial score (nSPS) is 10.6. The Balaban J connectivity index is 2.17. The Kier molecular flexibility index (Phi) is 3.47. The van der Waals surface area contributed by atoms with Gasteiger partial charge in [-0.25, -0.2) is 4.98 Å². The summed E-state index contributed by atoms with van der Waals surface area (Å²) < 4.78 is 6.13. The van der Waals surface area contributed by atoms with Crippen molar-refractivity contribution in [2.45, 2.75) is 20.4 Å². The molecule has 4 nitrogen and oxygen atoms in total. The maximum absolute atomic E-state index is 5.15. The Morgan fingerprint density at radius 1 is 1.35 bits per heavy atom. The summed E-state index contributed by atoms with van der Waals surface area (Å²) in [5.41, 5.74) is 2.06. The van der Waals surface area contributed by atoms with E-state index < -0.39 is 0 Å². The fourth-order valence-corrected chi connectivity index (χ4v) is 1.87. The van der Waals surface area contributed by atoms with Crippen LogP contribution < -0.4 is 4.90 Å². The van der Waals surface area contributed by atoms with Crippen molar-refractivity contribution in [3.8, 4) is 0 Å². The van der Waals surface area contributed by atoms with Gasteiger partial charge in [-0.3, -0.25) is 0 Å². The van der Waals surface area contributed by atoms with Crippen LogP contribution in [0, 0.1) is 13.8 Å². The molecule has 0 amide bonds. The number of halogens is 1. The predicted molar refractivity (Wildman–Crippen MR) is 70.0 cm³/mol. The first-order chi connectivity index (χ1) is 8.08. The smallest absolute Gasteiger partial charge is 0.138 e. The highest BCUT2D eigenvalue weighted by Gasteiger charge is 2.12. The third kappa shape index (κ3) is 2.66. The van der Waals surface area contributed by atoms with Gasteiger partial charge in [-0.2, -0.15) is 0 Å². The lowest BCUT2D eigenvalue weighted by Crippen LogP contribution is -2.18. The van der Waals surface area contributed by atoms with E-state index in [0.717, 1.165) is 33.9 Å². The number of aryl methyl sites for hydroxylation is 2. The summed E-state index contributed by atoms with van der Waals surface area (Å²) in [6.07, 6.45) is 1.79. The van der Waals surface area contributed by atoms with Crippen LogP contribution in [0.1, 0.15) is 17.0 Å². The minimum Gasteiger partial charge on any atom is -0.361 e. The van der Waals surface area contributed by atoms with Crippen LogP contribution in [0.4, 0.5) is 5.82 Å². The standard InChI is InChI=1S/C12H14BrN3O/c1-8-11(9(2)17-15-8)7-16(3)12-5-4-10(13)6-14-12/h4-6H,7H2,1-3H3. The van der Waals surface area contributed by atoms with Crippen molar-refractivity contribution < 1.29 is 4.52 Å². The van der Waals surface area contributed by atoms with Crippen LogP contribution in [-0.4, -0.2) is 17.2 Å². The molecule has 0 aromatic carbocycles. The third-order valence-electron chi connectivity index (χ3n) is 2.68. The first-order valence-corrected chi connectivity index (χ1v) is 6.11. The van der Waals surface area contributed by atoms with E-state index in [-0.39, 0.29) is 0 Å². The number of rotatable bonds is 3. The second-order valence-electron chi connectivity index (χ2n) is 3.99. The predicted octanol–water partition coefficient (Wildman–Crippen LogP) is 3.09. The largest absolute Gasteiger partial charge is 0.361 e. The molecule has 17 heavy (non-hydrogen) atoms. The van der Waals surface area contributed by atoms with Crippen molar-refractivity contribution >= 4 is 21.7 Å². The van der Waals surface area contributed by atoms with Crippen LogP contribution in [0.5, 0.6) is 0 Å². The summed E-state index contributed by atoms with van der Waals surface area (Å²) in [5, 5.41) is 3.95. The fourth-order valence-electron chi connectivity index (χ4n) is 1.64. The van der Waals surface area contributed by atoms with Crippen molar-refractivity contribution in [3.63, 3.8) is 0 Å². The van der Waals surface area contributed by atoms with Gasteiger partial charge in [-0.1, -0.05) is 5.16 Å². The Labute approximate surface area is 109 Å². The lowest BCUT2D eigenvalue weighted by molar-refractivity contribution is 0.392. The highest BCUT2D eigenvalue weighted by molar-refractivity contribution is 9.10. The topological polar surface area (TPSA) is 42.2 Å². The number of nitrogens with zero attached hydrogens (tertiary/aromatic N) is 3. The zero-order valence-corrected chi connectivity index (χ0v) is 11.7. The van der Waals surface area contributed by atoms with Crippen LogP contribution in [0.3, 0.4) is 0 Å². The van der Waals surface area contributed by atoms with Crippen LogP contribution >= 0.6 is 15.9 Å². The Bertz CT molecular complexity index is 487. The van der Waals surface area contributed by atoms with Gasteiger partial charge >= 0.3 is 0 Å². The lowest BCUT2D eigenvalue weighted by atomic mass is 10.2. The molecular formula is C12H14BrN3O. The number of hydrogen-bond acceptors (Lipinski definition) is 4. The minimum atomic E-state index is 0.746. The van der Waals surface area contributed by atoms with E-state index in [9.17, 15) is 0 Å². The fraction of sp³-hybridized carbons (Fsp3) is 0.333. The van der Waals surface area contributed by atoms with Gasteiger partial charge in [0.1, 0.15) is 11.6 Å². The van der Waals surface area contributed by atoms with Gasteiger partial charge in [0.15, 0.2) is 0 Å². The SMILES string of the molecule is Cc1noc(C)c1CN(C)c1ccc(Br)cn1. The molecule has 0 radical (unpaired) electrons. The van der Waals surface area contributed by atoms with Gasteiger partial charge in [0, 0.05) is 29.8 Å². The van der Waals surface area contributed by atoms with E-state index in [4.69, 9.17) is 4.52 Å². The van der Waals surface area contributed by atoms with Crippen LogP contribution in [0.2, 0.25) is 0 Å². The summed E-state index contributed by atoms with van der Waals surface area (Å²) in [7, 11) is 2.00. The highest BCUT2D eigenvalue weighted by Crippen LogP contribution is 2.19. The first-order valence-electron chi connectivity index (χ1n) is 5.32. The molecule has 0 aliphatic heterocycles. The quantitative estimate of drug-likeness (QED) is 0.873. The molecule has 0 unspecified atom stereocenters. The molecule has 0 atom stereocenters. The molecule has 2 aromatic heterocycles. The van der Waals surface area contributed by atoms with E-state index in [2.05, 4.69) is 31.0 Å². The summed E-state index contributed by atoms with van der Waals surface area (Å²) >= 11 is 3.37. The molecule has 0 spiro atoms. The lowest BCUT2D eigenvalue weighted by Gasteiger charge is -2.17. The molecule has 5 heteroatoms. The van der Waals surface area contributed by atoms with Gasteiger partial charge in [0.25, 0.3) is 0 Å². The summed E-state index contributed by atoms with van der Waals surface area (Å²) in [6, 6.07) is 3.95. The monoisotopic (exact) mass is 295 g/mol. The molecule has 0 saturated carbocycles. The first kappa shape index (κ1) is 12.1. The maximum Gasteiger partial charge on any atom is 0.138 e. The molecule has 0 fully saturated rings. The zero-order chi connectivity index (χ0) is 12.4. The molecule has 2 rings (SSSR count). The Morgan fingerprint density at radius 2 is 2.12 bits per heavy atom. The molecule has 0 bridgehead atoms.